The Hall–Kier alpha value is -0.290. The number of alkyl carbamates (subject to hydrolysis) is 1. The number of ether oxygens (including phenoxy) is 2. The first-order valence-corrected chi connectivity index (χ1v) is 5.91. The minimum atomic E-state index is -0.340. The van der Waals surface area contributed by atoms with E-state index >= 15 is 0 Å². The van der Waals surface area contributed by atoms with E-state index in [0.29, 0.717) is 19.1 Å². The standard InChI is InChI=1S/C9H16BrNO3/c1-7(4-10)5-14-9(12)11-8-2-3-13-6-8/h7-8H,2-6H2,1H3,(H,11,12). The van der Waals surface area contributed by atoms with Crippen LogP contribution in [-0.2, 0) is 9.47 Å². The van der Waals surface area contributed by atoms with Crippen LogP contribution in [0.3, 0.4) is 0 Å². The lowest BCUT2D eigenvalue weighted by Gasteiger charge is -2.12. The van der Waals surface area contributed by atoms with Crippen molar-refractivity contribution < 1.29 is 14.3 Å². The molecule has 2 atom stereocenters. The molecule has 1 fully saturated rings. The molecule has 1 amide bonds. The number of rotatable bonds is 4. The highest BCUT2D eigenvalue weighted by Gasteiger charge is 2.18. The lowest BCUT2D eigenvalue weighted by molar-refractivity contribution is 0.127. The lowest BCUT2D eigenvalue weighted by atomic mass is 10.2. The van der Waals surface area contributed by atoms with E-state index < -0.39 is 0 Å². The maximum absolute atomic E-state index is 11.2. The summed E-state index contributed by atoms with van der Waals surface area (Å²) in [6, 6.07) is 0.127. The predicted molar refractivity (Wildman–Crippen MR) is 56.7 cm³/mol. The molecule has 1 saturated heterocycles. The molecule has 0 aliphatic carbocycles. The van der Waals surface area contributed by atoms with Crippen LogP contribution >= 0.6 is 15.9 Å². The highest BCUT2D eigenvalue weighted by atomic mass is 79.9. The Morgan fingerprint density at radius 2 is 2.57 bits per heavy atom. The minimum Gasteiger partial charge on any atom is -0.449 e. The van der Waals surface area contributed by atoms with Gasteiger partial charge in [-0.3, -0.25) is 0 Å². The summed E-state index contributed by atoms with van der Waals surface area (Å²) in [5.74, 6) is 0.348. The predicted octanol–water partition coefficient (Wildman–Crippen LogP) is 1.53. The van der Waals surface area contributed by atoms with Gasteiger partial charge in [0.1, 0.15) is 0 Å². The van der Waals surface area contributed by atoms with E-state index in [9.17, 15) is 4.79 Å². The molecule has 0 aromatic carbocycles. The topological polar surface area (TPSA) is 47.6 Å². The molecule has 0 aromatic heterocycles. The summed E-state index contributed by atoms with van der Waals surface area (Å²) < 4.78 is 10.1. The molecule has 82 valence electrons. The summed E-state index contributed by atoms with van der Waals surface area (Å²) in [5, 5.41) is 3.60. The second-order valence-electron chi connectivity index (χ2n) is 3.56. The van der Waals surface area contributed by atoms with Gasteiger partial charge in [0.15, 0.2) is 0 Å². The van der Waals surface area contributed by atoms with Gasteiger partial charge >= 0.3 is 6.09 Å². The van der Waals surface area contributed by atoms with Crippen LogP contribution in [0.4, 0.5) is 4.79 Å². The number of hydrogen-bond donors (Lipinski definition) is 1. The number of halogens is 1. The number of amides is 1. The summed E-state index contributed by atoms with van der Waals surface area (Å²) in [6.45, 7) is 3.79. The maximum Gasteiger partial charge on any atom is 0.407 e. The van der Waals surface area contributed by atoms with Gasteiger partial charge in [-0.15, -0.1) is 0 Å². The Labute approximate surface area is 92.5 Å². The van der Waals surface area contributed by atoms with E-state index in [1.54, 1.807) is 0 Å². The van der Waals surface area contributed by atoms with Gasteiger partial charge in [-0.1, -0.05) is 22.9 Å². The van der Waals surface area contributed by atoms with E-state index in [0.717, 1.165) is 18.4 Å². The van der Waals surface area contributed by atoms with Gasteiger partial charge < -0.3 is 14.8 Å². The van der Waals surface area contributed by atoms with Gasteiger partial charge in [0.2, 0.25) is 0 Å². The number of alkyl halides is 1. The molecule has 1 rings (SSSR count). The molecule has 0 aromatic rings. The molecule has 0 spiro atoms. The number of carbonyl (C=O) groups excluding carboxylic acids is 1. The Bertz CT molecular complexity index is 183. The molecule has 1 aliphatic rings. The fourth-order valence-electron chi connectivity index (χ4n) is 1.12. The second kappa shape index (κ2) is 6.24. The Morgan fingerprint density at radius 1 is 1.79 bits per heavy atom. The van der Waals surface area contributed by atoms with Crippen molar-refractivity contribution in [1.82, 2.24) is 5.32 Å². The van der Waals surface area contributed by atoms with Crippen LogP contribution < -0.4 is 5.32 Å². The highest BCUT2D eigenvalue weighted by Crippen LogP contribution is 2.04. The molecule has 14 heavy (non-hydrogen) atoms. The van der Waals surface area contributed by atoms with Crippen LogP contribution in [0.25, 0.3) is 0 Å². The second-order valence-corrected chi connectivity index (χ2v) is 4.21. The van der Waals surface area contributed by atoms with Gasteiger partial charge in [-0.25, -0.2) is 4.79 Å². The van der Waals surface area contributed by atoms with Crippen molar-refractivity contribution >= 4 is 22.0 Å². The molecule has 5 heteroatoms. The zero-order valence-electron chi connectivity index (χ0n) is 8.29. The van der Waals surface area contributed by atoms with E-state index in [4.69, 9.17) is 9.47 Å². The monoisotopic (exact) mass is 265 g/mol. The fraction of sp³-hybridized carbons (Fsp3) is 0.889. The molecule has 2 unspecified atom stereocenters. The summed E-state index contributed by atoms with van der Waals surface area (Å²) in [6.07, 6.45) is 0.539. The maximum atomic E-state index is 11.2. The molecular formula is C9H16BrNO3. The SMILES string of the molecule is CC(CBr)COC(=O)NC1CCOC1. The molecule has 0 saturated carbocycles. The summed E-state index contributed by atoms with van der Waals surface area (Å²) in [7, 11) is 0. The molecule has 4 nitrogen and oxygen atoms in total. The summed E-state index contributed by atoms with van der Waals surface area (Å²) in [5.41, 5.74) is 0. The molecule has 0 radical (unpaired) electrons. The van der Waals surface area contributed by atoms with Crippen LogP contribution in [0.2, 0.25) is 0 Å². The Morgan fingerprint density at radius 3 is 3.14 bits per heavy atom. The van der Waals surface area contributed by atoms with E-state index in [-0.39, 0.29) is 12.1 Å². The van der Waals surface area contributed by atoms with Crippen LogP contribution in [-0.4, -0.2) is 37.3 Å². The molecule has 1 aliphatic heterocycles. The van der Waals surface area contributed by atoms with Gasteiger partial charge in [-0.05, 0) is 6.42 Å². The van der Waals surface area contributed by atoms with Crippen molar-refractivity contribution in [3.8, 4) is 0 Å². The van der Waals surface area contributed by atoms with Crippen LogP contribution in [0.15, 0.2) is 0 Å². The van der Waals surface area contributed by atoms with Crippen LogP contribution in [0, 0.1) is 5.92 Å². The van der Waals surface area contributed by atoms with Crippen LogP contribution in [0.5, 0.6) is 0 Å². The zero-order valence-corrected chi connectivity index (χ0v) is 9.88. The largest absolute Gasteiger partial charge is 0.449 e. The van der Waals surface area contributed by atoms with Crippen molar-refractivity contribution in [3.63, 3.8) is 0 Å². The number of nitrogens with one attached hydrogen (secondary N) is 1. The summed E-state index contributed by atoms with van der Waals surface area (Å²) >= 11 is 3.32. The van der Waals surface area contributed by atoms with E-state index in [2.05, 4.69) is 21.2 Å². The van der Waals surface area contributed by atoms with Gasteiger partial charge in [-0.2, -0.15) is 0 Å². The normalized spacial score (nSPS) is 23.1. The first-order valence-electron chi connectivity index (χ1n) is 4.79. The minimum absolute atomic E-state index is 0.127. The smallest absolute Gasteiger partial charge is 0.407 e. The van der Waals surface area contributed by atoms with Gasteiger partial charge in [0.05, 0.1) is 19.3 Å². The third kappa shape index (κ3) is 4.28. The van der Waals surface area contributed by atoms with Crippen molar-refractivity contribution in [2.75, 3.05) is 25.2 Å². The molecule has 1 N–H and O–H groups in total. The molecule has 0 bridgehead atoms. The third-order valence-electron chi connectivity index (χ3n) is 2.01. The van der Waals surface area contributed by atoms with Crippen molar-refractivity contribution in [1.29, 1.82) is 0 Å². The lowest BCUT2D eigenvalue weighted by Crippen LogP contribution is -2.36. The zero-order chi connectivity index (χ0) is 10.4. The van der Waals surface area contributed by atoms with Gasteiger partial charge in [0, 0.05) is 17.9 Å². The first-order chi connectivity index (χ1) is 6.72. The number of carbonyl (C=O) groups is 1. The van der Waals surface area contributed by atoms with Crippen LogP contribution in [0.1, 0.15) is 13.3 Å². The number of hydrogen-bond acceptors (Lipinski definition) is 3. The average Bonchev–Trinajstić information content (AvgIpc) is 2.66. The van der Waals surface area contributed by atoms with E-state index in [1.807, 2.05) is 6.92 Å². The van der Waals surface area contributed by atoms with E-state index in [1.165, 1.54) is 0 Å². The third-order valence-corrected chi connectivity index (χ3v) is 3.12. The van der Waals surface area contributed by atoms with Crippen molar-refractivity contribution in [2.24, 2.45) is 5.92 Å². The summed E-state index contributed by atoms with van der Waals surface area (Å²) in [4.78, 5) is 11.2. The first kappa shape index (κ1) is 11.8. The fourth-order valence-corrected chi connectivity index (χ4v) is 1.31. The highest BCUT2D eigenvalue weighted by molar-refractivity contribution is 9.09. The Balaban J connectivity index is 2.09. The van der Waals surface area contributed by atoms with Crippen molar-refractivity contribution in [3.05, 3.63) is 0 Å². The van der Waals surface area contributed by atoms with Crippen molar-refractivity contribution in [2.45, 2.75) is 19.4 Å². The molecule has 1 heterocycles. The van der Waals surface area contributed by atoms with Gasteiger partial charge in [0.25, 0.3) is 0 Å². The average molecular weight is 266 g/mol. The Kier molecular flexibility index (Phi) is 5.25. The quantitative estimate of drug-likeness (QED) is 0.785. The molecular weight excluding hydrogens is 250 g/mol.